The van der Waals surface area contributed by atoms with Crippen LogP contribution in [0.15, 0.2) is 36.1 Å². The van der Waals surface area contributed by atoms with Gasteiger partial charge in [-0.1, -0.05) is 17.4 Å². The second kappa shape index (κ2) is 6.00. The maximum absolute atomic E-state index is 12.2. The number of hydrogen-bond acceptors (Lipinski definition) is 5. The number of amides is 1. The topological polar surface area (TPSA) is 55.3 Å². The third kappa shape index (κ3) is 3.14. The van der Waals surface area contributed by atoms with E-state index in [4.69, 9.17) is 4.74 Å². The van der Waals surface area contributed by atoms with Crippen molar-refractivity contribution in [3.8, 4) is 5.19 Å². The van der Waals surface area contributed by atoms with Crippen LogP contribution < -0.4 is 4.74 Å². The van der Waals surface area contributed by atoms with Gasteiger partial charge in [-0.3, -0.25) is 9.78 Å². The van der Waals surface area contributed by atoms with E-state index in [0.717, 1.165) is 18.5 Å². The zero-order valence-corrected chi connectivity index (χ0v) is 11.8. The van der Waals surface area contributed by atoms with Crippen LogP contribution in [0.4, 0.5) is 0 Å². The van der Waals surface area contributed by atoms with E-state index < -0.39 is 0 Å². The molecule has 0 radical (unpaired) electrons. The Morgan fingerprint density at radius 1 is 1.50 bits per heavy atom. The van der Waals surface area contributed by atoms with Gasteiger partial charge in [0.15, 0.2) is 0 Å². The summed E-state index contributed by atoms with van der Waals surface area (Å²) in [6.45, 7) is 1.38. The normalized spacial score (nSPS) is 18.2. The van der Waals surface area contributed by atoms with Crippen molar-refractivity contribution in [2.75, 3.05) is 13.1 Å². The highest BCUT2D eigenvalue weighted by Gasteiger charge is 2.27. The number of likely N-dealkylation sites (tertiary alicyclic amines) is 1. The van der Waals surface area contributed by atoms with Crippen LogP contribution in [0, 0.1) is 0 Å². The highest BCUT2D eigenvalue weighted by atomic mass is 32.1. The SMILES string of the molecule is O=C(Cc1cccnc1)N1CCC(Oc2nccs2)C1. The first kappa shape index (κ1) is 13.1. The molecule has 1 unspecified atom stereocenters. The fourth-order valence-electron chi connectivity index (χ4n) is 2.25. The lowest BCUT2D eigenvalue weighted by atomic mass is 10.2. The Labute approximate surface area is 121 Å². The summed E-state index contributed by atoms with van der Waals surface area (Å²) in [5.41, 5.74) is 0.946. The van der Waals surface area contributed by atoms with Gasteiger partial charge in [-0.2, -0.15) is 0 Å². The number of pyridine rings is 1. The third-order valence-electron chi connectivity index (χ3n) is 3.25. The number of carbonyl (C=O) groups excluding carboxylic acids is 1. The van der Waals surface area contributed by atoms with Gasteiger partial charge in [-0.25, -0.2) is 4.98 Å². The second-order valence-corrected chi connectivity index (χ2v) is 5.56. The predicted molar refractivity (Wildman–Crippen MR) is 75.7 cm³/mol. The Kier molecular flexibility index (Phi) is 3.92. The van der Waals surface area contributed by atoms with Crippen molar-refractivity contribution in [1.82, 2.24) is 14.9 Å². The Bertz CT molecular complexity index is 559. The van der Waals surface area contributed by atoms with Gasteiger partial charge >= 0.3 is 0 Å². The Morgan fingerprint density at radius 2 is 2.45 bits per heavy atom. The van der Waals surface area contributed by atoms with Crippen LogP contribution in [0.1, 0.15) is 12.0 Å². The van der Waals surface area contributed by atoms with Crippen LogP contribution in [-0.2, 0) is 11.2 Å². The van der Waals surface area contributed by atoms with E-state index in [9.17, 15) is 4.79 Å². The molecule has 0 saturated carbocycles. The molecule has 6 heteroatoms. The van der Waals surface area contributed by atoms with Crippen LogP contribution in [0.3, 0.4) is 0 Å². The molecule has 1 aliphatic rings. The van der Waals surface area contributed by atoms with Crippen molar-refractivity contribution < 1.29 is 9.53 Å². The fraction of sp³-hybridized carbons (Fsp3) is 0.357. The van der Waals surface area contributed by atoms with Crippen molar-refractivity contribution in [1.29, 1.82) is 0 Å². The molecule has 20 heavy (non-hydrogen) atoms. The monoisotopic (exact) mass is 289 g/mol. The van der Waals surface area contributed by atoms with E-state index in [1.807, 2.05) is 22.4 Å². The number of nitrogens with zero attached hydrogens (tertiary/aromatic N) is 3. The van der Waals surface area contributed by atoms with Gasteiger partial charge in [0.2, 0.25) is 5.91 Å². The van der Waals surface area contributed by atoms with Gasteiger partial charge in [0.1, 0.15) is 6.10 Å². The molecular formula is C14H15N3O2S. The zero-order chi connectivity index (χ0) is 13.8. The lowest BCUT2D eigenvalue weighted by Gasteiger charge is -2.16. The molecule has 2 aromatic heterocycles. The largest absolute Gasteiger partial charge is 0.465 e. The molecule has 0 bridgehead atoms. The van der Waals surface area contributed by atoms with Crippen LogP contribution in [-0.4, -0.2) is 40.0 Å². The van der Waals surface area contributed by atoms with Crippen molar-refractivity contribution >= 4 is 17.2 Å². The maximum Gasteiger partial charge on any atom is 0.273 e. The molecule has 0 aromatic carbocycles. The fourth-order valence-corrected chi connectivity index (χ4v) is 2.80. The predicted octanol–water partition coefficient (Wildman–Crippen LogP) is 1.76. The van der Waals surface area contributed by atoms with E-state index in [-0.39, 0.29) is 12.0 Å². The Hall–Kier alpha value is -1.95. The minimum Gasteiger partial charge on any atom is -0.465 e. The van der Waals surface area contributed by atoms with Gasteiger partial charge in [-0.05, 0) is 11.6 Å². The van der Waals surface area contributed by atoms with Gasteiger partial charge in [0.25, 0.3) is 5.19 Å². The minimum atomic E-state index is 0.0546. The number of ether oxygens (including phenoxy) is 1. The lowest BCUT2D eigenvalue weighted by molar-refractivity contribution is -0.129. The molecule has 1 fully saturated rings. The summed E-state index contributed by atoms with van der Waals surface area (Å²) >= 11 is 1.48. The highest BCUT2D eigenvalue weighted by molar-refractivity contribution is 7.11. The van der Waals surface area contributed by atoms with Gasteiger partial charge in [-0.15, -0.1) is 0 Å². The van der Waals surface area contributed by atoms with Gasteiger partial charge in [0, 0.05) is 36.9 Å². The summed E-state index contributed by atoms with van der Waals surface area (Å²) < 4.78 is 5.75. The molecule has 5 nitrogen and oxygen atoms in total. The summed E-state index contributed by atoms with van der Waals surface area (Å²) in [4.78, 5) is 22.2. The average molecular weight is 289 g/mol. The molecule has 3 rings (SSSR count). The van der Waals surface area contributed by atoms with E-state index in [0.29, 0.717) is 18.2 Å². The molecule has 104 valence electrons. The van der Waals surface area contributed by atoms with E-state index >= 15 is 0 Å². The third-order valence-corrected chi connectivity index (χ3v) is 3.91. The second-order valence-electron chi connectivity index (χ2n) is 4.70. The smallest absolute Gasteiger partial charge is 0.273 e. The van der Waals surface area contributed by atoms with Gasteiger partial charge in [0.05, 0.1) is 13.0 Å². The summed E-state index contributed by atoms with van der Waals surface area (Å²) in [7, 11) is 0. The number of thiazole rings is 1. The number of rotatable bonds is 4. The van der Waals surface area contributed by atoms with E-state index in [1.54, 1.807) is 18.6 Å². The van der Waals surface area contributed by atoms with Crippen LogP contribution in [0.2, 0.25) is 0 Å². The number of carbonyl (C=O) groups is 1. The Morgan fingerprint density at radius 3 is 3.20 bits per heavy atom. The number of aromatic nitrogens is 2. The van der Waals surface area contributed by atoms with Crippen molar-refractivity contribution in [3.63, 3.8) is 0 Å². The van der Waals surface area contributed by atoms with Crippen molar-refractivity contribution in [2.45, 2.75) is 18.9 Å². The highest BCUT2D eigenvalue weighted by Crippen LogP contribution is 2.20. The molecule has 1 saturated heterocycles. The standard InChI is InChI=1S/C14H15N3O2S/c18-13(8-11-2-1-4-15-9-11)17-6-3-12(10-17)19-14-16-5-7-20-14/h1-2,4-5,7,9,12H,3,6,8,10H2. The van der Waals surface area contributed by atoms with Crippen LogP contribution in [0.5, 0.6) is 5.19 Å². The zero-order valence-electron chi connectivity index (χ0n) is 10.9. The first-order valence-electron chi connectivity index (χ1n) is 6.54. The molecule has 1 aliphatic heterocycles. The molecule has 0 spiro atoms. The summed E-state index contributed by atoms with van der Waals surface area (Å²) in [5, 5.41) is 2.56. The molecule has 1 atom stereocenters. The molecular weight excluding hydrogens is 274 g/mol. The average Bonchev–Trinajstić information content (AvgIpc) is 3.12. The minimum absolute atomic E-state index is 0.0546. The molecule has 0 N–H and O–H groups in total. The van der Waals surface area contributed by atoms with E-state index in [2.05, 4.69) is 9.97 Å². The summed E-state index contributed by atoms with van der Waals surface area (Å²) in [6, 6.07) is 3.77. The summed E-state index contributed by atoms with van der Waals surface area (Å²) in [5.74, 6) is 0.128. The molecule has 3 heterocycles. The Balaban J connectivity index is 1.53. The first-order chi connectivity index (χ1) is 9.81. The van der Waals surface area contributed by atoms with Crippen molar-refractivity contribution in [2.24, 2.45) is 0 Å². The molecule has 2 aromatic rings. The maximum atomic E-state index is 12.2. The molecule has 0 aliphatic carbocycles. The molecule has 1 amide bonds. The first-order valence-corrected chi connectivity index (χ1v) is 7.42. The van der Waals surface area contributed by atoms with Crippen LogP contribution in [0.25, 0.3) is 0 Å². The lowest BCUT2D eigenvalue weighted by Crippen LogP contribution is -2.32. The summed E-state index contributed by atoms with van der Waals surface area (Å²) in [6.07, 6.45) is 6.48. The van der Waals surface area contributed by atoms with Gasteiger partial charge < -0.3 is 9.64 Å². The van der Waals surface area contributed by atoms with E-state index in [1.165, 1.54) is 11.3 Å². The van der Waals surface area contributed by atoms with Crippen LogP contribution >= 0.6 is 11.3 Å². The quantitative estimate of drug-likeness (QED) is 0.860. The van der Waals surface area contributed by atoms with Crippen molar-refractivity contribution in [3.05, 3.63) is 41.7 Å². The number of hydrogen-bond donors (Lipinski definition) is 0.